The van der Waals surface area contributed by atoms with Crippen LogP contribution in [-0.4, -0.2) is 25.4 Å². The van der Waals surface area contributed by atoms with Gasteiger partial charge in [-0.3, -0.25) is 0 Å². The Labute approximate surface area is 111 Å². The predicted octanol–water partition coefficient (Wildman–Crippen LogP) is 2.53. The summed E-state index contributed by atoms with van der Waals surface area (Å²) >= 11 is 0. The second-order valence-corrected chi connectivity index (χ2v) is 4.69. The minimum atomic E-state index is 0.309. The van der Waals surface area contributed by atoms with Gasteiger partial charge in [-0.1, -0.05) is 5.16 Å². The van der Waals surface area contributed by atoms with Crippen LogP contribution in [0, 0.1) is 0 Å². The summed E-state index contributed by atoms with van der Waals surface area (Å²) < 4.78 is 10.3. The number of nitrogens with zero attached hydrogens (tertiary/aromatic N) is 2. The van der Waals surface area contributed by atoms with Crippen LogP contribution in [-0.2, 0) is 0 Å². The molecule has 100 valence electrons. The quantitative estimate of drug-likeness (QED) is 0.917. The van der Waals surface area contributed by atoms with E-state index in [1.807, 2.05) is 6.07 Å². The molecule has 0 atom stereocenters. The maximum absolute atomic E-state index is 5.59. The molecule has 1 aromatic carbocycles. The zero-order valence-corrected chi connectivity index (χ0v) is 10.9. The van der Waals surface area contributed by atoms with Gasteiger partial charge in [-0.15, -0.1) is 0 Å². The number of benzene rings is 1. The Balaban J connectivity index is 2.02. The lowest BCUT2D eigenvalue weighted by atomic mass is 10.1. The number of anilines is 2. The molecule has 1 aromatic heterocycles. The minimum absolute atomic E-state index is 0.309. The summed E-state index contributed by atoms with van der Waals surface area (Å²) in [7, 11) is 1.65. The van der Waals surface area contributed by atoms with Crippen molar-refractivity contribution in [3.8, 4) is 17.0 Å². The van der Waals surface area contributed by atoms with Crippen molar-refractivity contribution in [2.45, 2.75) is 12.8 Å². The molecular weight excluding hydrogens is 242 g/mol. The van der Waals surface area contributed by atoms with Crippen molar-refractivity contribution in [2.75, 3.05) is 30.8 Å². The number of aromatic nitrogens is 1. The van der Waals surface area contributed by atoms with Crippen LogP contribution in [0.15, 0.2) is 28.8 Å². The number of rotatable bonds is 3. The molecule has 5 heteroatoms. The summed E-state index contributed by atoms with van der Waals surface area (Å²) in [4.78, 5) is 2.37. The fourth-order valence-corrected chi connectivity index (χ4v) is 2.48. The molecule has 5 nitrogen and oxygen atoms in total. The fraction of sp³-hybridized carbons (Fsp3) is 0.357. The van der Waals surface area contributed by atoms with Gasteiger partial charge in [-0.05, 0) is 31.0 Å². The third kappa shape index (κ3) is 2.23. The Morgan fingerprint density at radius 1 is 1.26 bits per heavy atom. The van der Waals surface area contributed by atoms with Crippen LogP contribution in [0.5, 0.6) is 5.75 Å². The van der Waals surface area contributed by atoms with Gasteiger partial charge in [-0.2, -0.15) is 0 Å². The number of hydrogen-bond donors (Lipinski definition) is 1. The summed E-state index contributed by atoms with van der Waals surface area (Å²) in [5.74, 6) is 1.08. The third-order valence-corrected chi connectivity index (χ3v) is 3.46. The smallest absolute Gasteiger partial charge is 0.222 e. The fourth-order valence-electron chi connectivity index (χ4n) is 2.48. The molecule has 0 radical (unpaired) electrons. The molecule has 1 aliphatic heterocycles. The molecule has 0 saturated carbocycles. The highest BCUT2D eigenvalue weighted by Gasteiger charge is 2.16. The number of methoxy groups -OCH3 is 1. The van der Waals surface area contributed by atoms with Crippen molar-refractivity contribution in [2.24, 2.45) is 0 Å². The Hall–Kier alpha value is -2.17. The van der Waals surface area contributed by atoms with Crippen LogP contribution in [0.3, 0.4) is 0 Å². The molecule has 0 amide bonds. The summed E-state index contributed by atoms with van der Waals surface area (Å²) in [5, 5.41) is 3.96. The maximum atomic E-state index is 5.59. The van der Waals surface area contributed by atoms with Crippen molar-refractivity contribution in [3.05, 3.63) is 24.3 Å². The number of ether oxygens (including phenoxy) is 1. The van der Waals surface area contributed by atoms with Gasteiger partial charge in [-0.25, -0.2) is 0 Å². The number of nitrogen functional groups attached to an aromatic ring is 1. The normalized spacial score (nSPS) is 14.9. The molecule has 1 saturated heterocycles. The largest absolute Gasteiger partial charge is 0.496 e. The van der Waals surface area contributed by atoms with Crippen molar-refractivity contribution in [1.29, 1.82) is 0 Å². The molecular formula is C14H17N3O2. The van der Waals surface area contributed by atoms with Crippen molar-refractivity contribution in [1.82, 2.24) is 5.16 Å². The Bertz CT molecular complexity index is 574. The molecule has 2 heterocycles. The third-order valence-electron chi connectivity index (χ3n) is 3.46. The molecule has 0 bridgehead atoms. The molecule has 0 spiro atoms. The second-order valence-electron chi connectivity index (χ2n) is 4.69. The predicted molar refractivity (Wildman–Crippen MR) is 74.4 cm³/mol. The van der Waals surface area contributed by atoms with E-state index in [4.69, 9.17) is 15.0 Å². The van der Waals surface area contributed by atoms with Gasteiger partial charge in [0.2, 0.25) is 5.88 Å². The lowest BCUT2D eigenvalue weighted by Gasteiger charge is -2.19. The summed E-state index contributed by atoms with van der Waals surface area (Å²) in [5.41, 5.74) is 8.39. The van der Waals surface area contributed by atoms with Gasteiger partial charge < -0.3 is 19.9 Å². The topological polar surface area (TPSA) is 64.5 Å². The van der Waals surface area contributed by atoms with Gasteiger partial charge >= 0.3 is 0 Å². The van der Waals surface area contributed by atoms with Gasteiger partial charge in [0, 0.05) is 30.4 Å². The molecule has 19 heavy (non-hydrogen) atoms. The van der Waals surface area contributed by atoms with Crippen LogP contribution in [0.25, 0.3) is 11.3 Å². The highest BCUT2D eigenvalue weighted by Crippen LogP contribution is 2.34. The second kappa shape index (κ2) is 4.84. The van der Waals surface area contributed by atoms with E-state index in [0.717, 1.165) is 24.4 Å². The van der Waals surface area contributed by atoms with E-state index in [9.17, 15) is 0 Å². The van der Waals surface area contributed by atoms with E-state index in [1.54, 1.807) is 13.2 Å². The average molecular weight is 259 g/mol. The first-order valence-corrected chi connectivity index (χ1v) is 6.43. The van der Waals surface area contributed by atoms with E-state index in [2.05, 4.69) is 22.2 Å². The molecule has 0 unspecified atom stereocenters. The molecule has 2 aromatic rings. The first-order valence-electron chi connectivity index (χ1n) is 6.43. The summed E-state index contributed by atoms with van der Waals surface area (Å²) in [6, 6.07) is 7.85. The molecule has 2 N–H and O–H groups in total. The van der Waals surface area contributed by atoms with Crippen LogP contribution in [0.1, 0.15) is 12.8 Å². The maximum Gasteiger partial charge on any atom is 0.222 e. The number of hydrogen-bond acceptors (Lipinski definition) is 5. The van der Waals surface area contributed by atoms with Crippen molar-refractivity contribution in [3.63, 3.8) is 0 Å². The van der Waals surface area contributed by atoms with Gasteiger partial charge in [0.25, 0.3) is 0 Å². The Kier molecular flexibility index (Phi) is 3.03. The average Bonchev–Trinajstić information content (AvgIpc) is 3.09. The van der Waals surface area contributed by atoms with E-state index in [1.165, 1.54) is 18.5 Å². The number of nitrogens with two attached hydrogens (primary N) is 1. The highest BCUT2D eigenvalue weighted by atomic mass is 16.5. The van der Waals surface area contributed by atoms with Crippen LogP contribution >= 0.6 is 0 Å². The van der Waals surface area contributed by atoms with Gasteiger partial charge in [0.15, 0.2) is 0 Å². The highest BCUT2D eigenvalue weighted by molar-refractivity contribution is 5.73. The first-order chi connectivity index (χ1) is 9.28. The van der Waals surface area contributed by atoms with E-state index >= 15 is 0 Å². The minimum Gasteiger partial charge on any atom is -0.496 e. The van der Waals surface area contributed by atoms with Crippen LogP contribution in [0.4, 0.5) is 11.6 Å². The molecule has 3 rings (SSSR count). The van der Waals surface area contributed by atoms with E-state index in [-0.39, 0.29) is 0 Å². The lowest BCUT2D eigenvalue weighted by molar-refractivity contribution is 0.414. The van der Waals surface area contributed by atoms with Crippen LogP contribution in [0.2, 0.25) is 0 Å². The molecule has 1 aliphatic rings. The molecule has 1 fully saturated rings. The standard InChI is InChI=1S/C14H17N3O2/c1-18-13-5-4-10(17-6-2-3-7-17)8-11(13)12-9-14(15)19-16-12/h4-5,8-9H,2-3,6-7,15H2,1H3. The Morgan fingerprint density at radius 2 is 2.05 bits per heavy atom. The zero-order chi connectivity index (χ0) is 13.2. The van der Waals surface area contributed by atoms with Crippen LogP contribution < -0.4 is 15.4 Å². The molecule has 0 aliphatic carbocycles. The Morgan fingerprint density at radius 3 is 2.68 bits per heavy atom. The first kappa shape index (κ1) is 11.9. The summed E-state index contributed by atoms with van der Waals surface area (Å²) in [6.07, 6.45) is 2.50. The van der Waals surface area contributed by atoms with Crippen molar-refractivity contribution < 1.29 is 9.26 Å². The van der Waals surface area contributed by atoms with E-state index < -0.39 is 0 Å². The van der Waals surface area contributed by atoms with Gasteiger partial charge in [0.1, 0.15) is 11.4 Å². The monoisotopic (exact) mass is 259 g/mol. The van der Waals surface area contributed by atoms with Gasteiger partial charge in [0.05, 0.1) is 7.11 Å². The van der Waals surface area contributed by atoms with E-state index in [0.29, 0.717) is 11.6 Å². The lowest BCUT2D eigenvalue weighted by Crippen LogP contribution is -2.17. The van der Waals surface area contributed by atoms with Crippen molar-refractivity contribution >= 4 is 11.6 Å². The zero-order valence-electron chi connectivity index (χ0n) is 10.9. The SMILES string of the molecule is COc1ccc(N2CCCC2)cc1-c1cc(N)on1. The summed E-state index contributed by atoms with van der Waals surface area (Å²) in [6.45, 7) is 2.21.